The van der Waals surface area contributed by atoms with Gasteiger partial charge in [0.05, 0.1) is 6.61 Å². The minimum Gasteiger partial charge on any atom is -0.462 e. The number of phosphoric acid groups is 1. The van der Waals surface area contributed by atoms with E-state index in [0.29, 0.717) is 12.8 Å². The van der Waals surface area contributed by atoms with Gasteiger partial charge in [0.2, 0.25) is 0 Å². The molecule has 0 amide bonds. The molecule has 1 aliphatic carbocycles. The summed E-state index contributed by atoms with van der Waals surface area (Å²) in [7, 11) is -5.11. The molecule has 1 fully saturated rings. The van der Waals surface area contributed by atoms with E-state index in [1.807, 2.05) is 0 Å². The van der Waals surface area contributed by atoms with Gasteiger partial charge in [0.15, 0.2) is 6.10 Å². The number of aliphatic hydroxyl groups is 5. The van der Waals surface area contributed by atoms with Crippen LogP contribution < -0.4 is 0 Å². The van der Waals surface area contributed by atoms with E-state index in [2.05, 4.69) is 38.2 Å². The van der Waals surface area contributed by atoms with E-state index in [1.165, 1.54) is 57.8 Å². The van der Waals surface area contributed by atoms with Gasteiger partial charge in [-0.3, -0.25) is 18.6 Å². The Hall–Kier alpha value is -1.67. The fourth-order valence-corrected chi connectivity index (χ4v) is 7.30. The van der Waals surface area contributed by atoms with Crippen LogP contribution in [-0.4, -0.2) is 98.3 Å². The third-order valence-corrected chi connectivity index (χ3v) is 10.8. The summed E-state index contributed by atoms with van der Waals surface area (Å²) in [5.41, 5.74) is 0. The average Bonchev–Trinajstić information content (AvgIpc) is 3.16. The summed E-state index contributed by atoms with van der Waals surface area (Å²) in [4.78, 5) is 35.5. The number of hydrogen-bond acceptors (Lipinski definition) is 12. The molecule has 0 heterocycles. The highest BCUT2D eigenvalue weighted by Gasteiger charge is 2.51. The van der Waals surface area contributed by atoms with Crippen LogP contribution in [0.3, 0.4) is 0 Å². The van der Waals surface area contributed by atoms with Gasteiger partial charge >= 0.3 is 19.8 Å². The molecule has 1 saturated carbocycles. The lowest BCUT2D eigenvalue weighted by molar-refractivity contribution is -0.220. The minimum absolute atomic E-state index is 0.0826. The molecule has 13 nitrogen and oxygen atoms in total. The monoisotopic (exact) mass is 806 g/mol. The Kier molecular flexibility index (Phi) is 30.2. The SMILES string of the molecule is CCCC=CCC=CCCCCCCCC(=O)O[C@H](COC(=O)CCCCCCCCCCCCCCC)COP(=O)(O)OC1C(O)C(O)C(O)[C@@H](O)C1O. The van der Waals surface area contributed by atoms with E-state index in [-0.39, 0.29) is 12.8 Å². The highest BCUT2D eigenvalue weighted by molar-refractivity contribution is 7.47. The summed E-state index contributed by atoms with van der Waals surface area (Å²) >= 11 is 0. The molecule has 0 bridgehead atoms. The number of carbonyl (C=O) groups excluding carboxylic acids is 2. The van der Waals surface area contributed by atoms with Crippen molar-refractivity contribution in [2.24, 2.45) is 0 Å². The summed E-state index contributed by atoms with van der Waals surface area (Å²) < 4.78 is 33.4. The first-order chi connectivity index (χ1) is 26.4. The van der Waals surface area contributed by atoms with Gasteiger partial charge in [-0.05, 0) is 38.5 Å². The summed E-state index contributed by atoms with van der Waals surface area (Å²) in [5.74, 6) is -1.11. The molecular weight excluding hydrogens is 731 g/mol. The molecule has 6 N–H and O–H groups in total. The zero-order valence-corrected chi connectivity index (χ0v) is 34.6. The Balaban J connectivity index is 2.51. The molecule has 0 spiro atoms. The van der Waals surface area contributed by atoms with Gasteiger partial charge in [-0.25, -0.2) is 4.57 Å². The first-order valence-corrected chi connectivity index (χ1v) is 22.6. The van der Waals surface area contributed by atoms with E-state index in [4.69, 9.17) is 18.5 Å². The Labute approximate surface area is 330 Å². The highest BCUT2D eigenvalue weighted by Crippen LogP contribution is 2.47. The number of unbranched alkanes of at least 4 members (excludes halogenated alkanes) is 18. The number of hydrogen-bond donors (Lipinski definition) is 6. The van der Waals surface area contributed by atoms with Crippen LogP contribution >= 0.6 is 7.82 Å². The summed E-state index contributed by atoms with van der Waals surface area (Å²) in [5, 5.41) is 50.0. The highest BCUT2D eigenvalue weighted by atomic mass is 31.2. The Morgan fingerprint density at radius 2 is 1.02 bits per heavy atom. The molecule has 0 aromatic rings. The second kappa shape index (κ2) is 32.3. The lowest BCUT2D eigenvalue weighted by Crippen LogP contribution is -2.64. The first-order valence-electron chi connectivity index (χ1n) is 21.1. The van der Waals surface area contributed by atoms with Crippen molar-refractivity contribution in [3.63, 3.8) is 0 Å². The number of allylic oxidation sites excluding steroid dienone is 4. The second-order valence-electron chi connectivity index (χ2n) is 14.8. The van der Waals surface area contributed by atoms with Crippen molar-refractivity contribution in [2.45, 2.75) is 211 Å². The summed E-state index contributed by atoms with van der Waals surface area (Å²) in [6.45, 7) is 3.20. The number of carbonyl (C=O) groups is 2. The standard InChI is InChI=1S/C41H75O13P/c1-3-5-7-9-11-13-15-17-19-21-23-25-27-29-34(42)51-31-33(32-52-55(49,50)54-41-39(47)37(45)36(44)38(46)40(41)48)53-35(43)30-28-26-24-22-20-18-16-14-12-10-8-6-4-2/h8,10,14,16,33,36-41,44-48H,3-7,9,11-13,15,17-32H2,1-2H3,(H,49,50)/t33-,36?,37-,38?,39?,40?,41?/m1/s1. The lowest BCUT2D eigenvalue weighted by atomic mass is 9.85. The topological polar surface area (TPSA) is 210 Å². The molecular formula is C41H75O13P. The molecule has 6 unspecified atom stereocenters. The van der Waals surface area contributed by atoms with Crippen molar-refractivity contribution in [3.05, 3.63) is 24.3 Å². The van der Waals surface area contributed by atoms with Gasteiger partial charge in [-0.2, -0.15) is 0 Å². The van der Waals surface area contributed by atoms with Crippen LogP contribution in [0.5, 0.6) is 0 Å². The molecule has 0 aliphatic heterocycles. The zero-order valence-electron chi connectivity index (χ0n) is 33.7. The molecule has 14 heteroatoms. The largest absolute Gasteiger partial charge is 0.472 e. The normalized spacial score (nSPS) is 23.3. The van der Waals surface area contributed by atoms with Crippen molar-refractivity contribution in [1.29, 1.82) is 0 Å². The third-order valence-electron chi connectivity index (χ3n) is 9.78. The Morgan fingerprint density at radius 1 is 0.564 bits per heavy atom. The molecule has 8 atom stereocenters. The molecule has 1 aliphatic rings. The van der Waals surface area contributed by atoms with E-state index < -0.39 is 75.7 Å². The van der Waals surface area contributed by atoms with Crippen LogP contribution in [0.4, 0.5) is 0 Å². The molecule has 0 radical (unpaired) electrons. The maximum Gasteiger partial charge on any atom is 0.472 e. The van der Waals surface area contributed by atoms with Gasteiger partial charge in [-0.15, -0.1) is 0 Å². The molecule has 322 valence electrons. The molecule has 0 saturated heterocycles. The first kappa shape index (κ1) is 51.3. The van der Waals surface area contributed by atoms with Crippen LogP contribution in [0.25, 0.3) is 0 Å². The Morgan fingerprint density at radius 3 is 1.55 bits per heavy atom. The molecule has 55 heavy (non-hydrogen) atoms. The number of ether oxygens (including phenoxy) is 2. The molecule has 0 aromatic heterocycles. The van der Waals surface area contributed by atoms with E-state index >= 15 is 0 Å². The smallest absolute Gasteiger partial charge is 0.462 e. The quantitative estimate of drug-likeness (QED) is 0.0164. The summed E-state index contributed by atoms with van der Waals surface area (Å²) in [6, 6.07) is 0. The van der Waals surface area contributed by atoms with Crippen LogP contribution in [-0.2, 0) is 32.7 Å². The number of esters is 2. The number of aliphatic hydroxyl groups excluding tert-OH is 5. The van der Waals surface area contributed by atoms with E-state index in [1.54, 1.807) is 0 Å². The van der Waals surface area contributed by atoms with Crippen LogP contribution in [0.1, 0.15) is 168 Å². The minimum atomic E-state index is -5.11. The Bertz CT molecular complexity index is 1070. The van der Waals surface area contributed by atoms with Crippen molar-refractivity contribution in [3.8, 4) is 0 Å². The fraction of sp³-hybridized carbons (Fsp3) is 0.854. The lowest BCUT2D eigenvalue weighted by Gasteiger charge is -2.41. The maximum atomic E-state index is 12.8. The van der Waals surface area contributed by atoms with Gasteiger partial charge in [0.1, 0.15) is 43.2 Å². The average molecular weight is 807 g/mol. The van der Waals surface area contributed by atoms with E-state index in [9.17, 15) is 44.6 Å². The predicted octanol–water partition coefficient (Wildman–Crippen LogP) is 7.28. The number of phosphoric ester groups is 1. The summed E-state index contributed by atoms with van der Waals surface area (Å²) in [6.07, 6.45) is 19.6. The van der Waals surface area contributed by atoms with Crippen LogP contribution in [0, 0.1) is 0 Å². The predicted molar refractivity (Wildman–Crippen MR) is 212 cm³/mol. The van der Waals surface area contributed by atoms with Gasteiger partial charge in [0.25, 0.3) is 0 Å². The van der Waals surface area contributed by atoms with Crippen LogP contribution in [0.15, 0.2) is 24.3 Å². The van der Waals surface area contributed by atoms with Gasteiger partial charge < -0.3 is 39.9 Å². The van der Waals surface area contributed by atoms with Crippen molar-refractivity contribution in [2.75, 3.05) is 13.2 Å². The van der Waals surface area contributed by atoms with Crippen LogP contribution in [0.2, 0.25) is 0 Å². The van der Waals surface area contributed by atoms with Crippen molar-refractivity contribution < 1.29 is 63.1 Å². The van der Waals surface area contributed by atoms with Gasteiger partial charge in [0, 0.05) is 12.8 Å². The van der Waals surface area contributed by atoms with Crippen molar-refractivity contribution >= 4 is 19.8 Å². The van der Waals surface area contributed by atoms with Gasteiger partial charge in [-0.1, -0.05) is 141 Å². The zero-order chi connectivity index (χ0) is 40.7. The fourth-order valence-electron chi connectivity index (χ4n) is 6.32. The van der Waals surface area contributed by atoms with Crippen molar-refractivity contribution in [1.82, 2.24) is 0 Å². The molecule has 0 aromatic carbocycles. The number of rotatable bonds is 34. The maximum absolute atomic E-state index is 12.8. The third kappa shape index (κ3) is 25.3. The van der Waals surface area contributed by atoms with E-state index in [0.717, 1.165) is 70.6 Å². The second-order valence-corrected chi connectivity index (χ2v) is 16.3. The molecule has 1 rings (SSSR count).